The van der Waals surface area contributed by atoms with E-state index in [9.17, 15) is 14.4 Å². The zero-order valence-corrected chi connectivity index (χ0v) is 16.1. The summed E-state index contributed by atoms with van der Waals surface area (Å²) in [7, 11) is 0. The summed E-state index contributed by atoms with van der Waals surface area (Å²) in [5.74, 6) is 0.267. The summed E-state index contributed by atoms with van der Waals surface area (Å²) in [4.78, 5) is 41.2. The van der Waals surface area contributed by atoms with E-state index in [1.807, 2.05) is 17.0 Å². The molecule has 148 valence electrons. The van der Waals surface area contributed by atoms with E-state index in [0.717, 1.165) is 50.6 Å². The predicted octanol–water partition coefficient (Wildman–Crippen LogP) is 3.05. The molecule has 6 heteroatoms. The molecule has 0 aliphatic carbocycles. The lowest BCUT2D eigenvalue weighted by Gasteiger charge is -2.32. The van der Waals surface area contributed by atoms with E-state index < -0.39 is 5.63 Å². The topological polar surface area (TPSA) is 70.8 Å². The number of likely N-dealkylation sites (tertiary alicyclic amines) is 2. The van der Waals surface area contributed by atoms with Crippen LogP contribution in [0.3, 0.4) is 0 Å². The van der Waals surface area contributed by atoms with Crippen molar-refractivity contribution in [2.24, 2.45) is 5.92 Å². The molecule has 2 amide bonds. The van der Waals surface area contributed by atoms with Crippen molar-refractivity contribution in [3.05, 3.63) is 46.3 Å². The van der Waals surface area contributed by atoms with Crippen molar-refractivity contribution in [2.75, 3.05) is 26.2 Å². The fraction of sp³-hybridized carbons (Fsp3) is 0.500. The quantitative estimate of drug-likeness (QED) is 0.762. The van der Waals surface area contributed by atoms with Gasteiger partial charge in [0.2, 0.25) is 5.91 Å². The molecule has 0 spiro atoms. The zero-order valence-electron chi connectivity index (χ0n) is 16.1. The number of para-hydroxylation sites is 1. The number of piperidine rings is 1. The van der Waals surface area contributed by atoms with Gasteiger partial charge in [-0.2, -0.15) is 0 Å². The van der Waals surface area contributed by atoms with Gasteiger partial charge in [-0.1, -0.05) is 18.2 Å². The standard InChI is InChI=1S/C22H26N2O4/c25-20(23-11-3-4-12-23)10-9-16-6-5-13-24(15-16)21(26)18-14-17-7-1-2-8-19(17)28-22(18)27/h1-2,7-8,14,16H,3-6,9-13,15H2/t16-/m0/s1. The van der Waals surface area contributed by atoms with E-state index >= 15 is 0 Å². The van der Waals surface area contributed by atoms with Crippen LogP contribution in [-0.2, 0) is 4.79 Å². The maximum atomic E-state index is 12.9. The average Bonchev–Trinajstić information content (AvgIpc) is 3.26. The SMILES string of the molecule is O=C(CC[C@@H]1CCCN(C(=O)c2cc3ccccc3oc2=O)C1)N1CCCC1. The minimum absolute atomic E-state index is 0.0903. The van der Waals surface area contributed by atoms with Gasteiger partial charge in [0.25, 0.3) is 5.91 Å². The van der Waals surface area contributed by atoms with E-state index in [-0.39, 0.29) is 17.4 Å². The first-order valence-corrected chi connectivity index (χ1v) is 10.2. The molecule has 0 radical (unpaired) electrons. The lowest BCUT2D eigenvalue weighted by molar-refractivity contribution is -0.130. The highest BCUT2D eigenvalue weighted by molar-refractivity contribution is 5.96. The van der Waals surface area contributed by atoms with E-state index in [1.165, 1.54) is 0 Å². The summed E-state index contributed by atoms with van der Waals surface area (Å²) < 4.78 is 5.31. The molecule has 1 aromatic carbocycles. The van der Waals surface area contributed by atoms with Crippen LogP contribution in [0.2, 0.25) is 0 Å². The largest absolute Gasteiger partial charge is 0.422 e. The molecule has 2 aliphatic heterocycles. The van der Waals surface area contributed by atoms with Crippen molar-refractivity contribution < 1.29 is 14.0 Å². The van der Waals surface area contributed by atoms with Gasteiger partial charge in [0.15, 0.2) is 0 Å². The van der Waals surface area contributed by atoms with Crippen molar-refractivity contribution in [3.8, 4) is 0 Å². The van der Waals surface area contributed by atoms with Crippen LogP contribution >= 0.6 is 0 Å². The molecule has 28 heavy (non-hydrogen) atoms. The maximum absolute atomic E-state index is 12.9. The molecule has 2 fully saturated rings. The van der Waals surface area contributed by atoms with Crippen molar-refractivity contribution in [3.63, 3.8) is 0 Å². The van der Waals surface area contributed by atoms with Crippen molar-refractivity contribution >= 4 is 22.8 Å². The Hall–Kier alpha value is -2.63. The third kappa shape index (κ3) is 3.96. The first kappa shape index (κ1) is 18.7. The first-order chi connectivity index (χ1) is 13.6. The van der Waals surface area contributed by atoms with E-state index in [2.05, 4.69) is 0 Å². The van der Waals surface area contributed by atoms with Crippen molar-refractivity contribution in [1.29, 1.82) is 0 Å². The third-order valence-electron chi connectivity index (χ3n) is 5.90. The van der Waals surface area contributed by atoms with Crippen LogP contribution in [-0.4, -0.2) is 47.8 Å². The van der Waals surface area contributed by atoms with Crippen LogP contribution in [0.5, 0.6) is 0 Å². The number of benzene rings is 1. The highest BCUT2D eigenvalue weighted by Crippen LogP contribution is 2.24. The number of carbonyl (C=O) groups is 2. The fourth-order valence-electron chi connectivity index (χ4n) is 4.32. The molecular weight excluding hydrogens is 356 g/mol. The molecule has 0 N–H and O–H groups in total. The summed E-state index contributed by atoms with van der Waals surface area (Å²) in [6.07, 6.45) is 5.46. The summed E-state index contributed by atoms with van der Waals surface area (Å²) in [5, 5.41) is 0.746. The van der Waals surface area contributed by atoms with Crippen LogP contribution in [0, 0.1) is 5.92 Å². The molecule has 6 nitrogen and oxygen atoms in total. The Morgan fingerprint density at radius 2 is 1.79 bits per heavy atom. The summed E-state index contributed by atoms with van der Waals surface area (Å²) >= 11 is 0. The predicted molar refractivity (Wildman–Crippen MR) is 106 cm³/mol. The van der Waals surface area contributed by atoms with E-state index in [1.54, 1.807) is 23.1 Å². The van der Waals surface area contributed by atoms with Gasteiger partial charge in [0.05, 0.1) is 0 Å². The number of hydrogen-bond donors (Lipinski definition) is 0. The number of nitrogens with zero attached hydrogens (tertiary/aromatic N) is 2. The Morgan fingerprint density at radius 1 is 1.04 bits per heavy atom. The molecule has 0 bridgehead atoms. The zero-order chi connectivity index (χ0) is 19.5. The van der Waals surface area contributed by atoms with Gasteiger partial charge in [0.1, 0.15) is 11.1 Å². The minimum atomic E-state index is -0.588. The first-order valence-electron chi connectivity index (χ1n) is 10.2. The lowest BCUT2D eigenvalue weighted by atomic mass is 9.92. The van der Waals surface area contributed by atoms with Gasteiger partial charge in [-0.05, 0) is 50.2 Å². The maximum Gasteiger partial charge on any atom is 0.349 e. The Morgan fingerprint density at radius 3 is 2.61 bits per heavy atom. The van der Waals surface area contributed by atoms with Crippen molar-refractivity contribution in [1.82, 2.24) is 9.80 Å². The van der Waals surface area contributed by atoms with Gasteiger partial charge in [0, 0.05) is 38.0 Å². The van der Waals surface area contributed by atoms with Crippen LogP contribution < -0.4 is 5.63 Å². The Labute approximate surface area is 164 Å². The normalized spacial score (nSPS) is 19.9. The van der Waals surface area contributed by atoms with Crippen LogP contribution in [0.1, 0.15) is 48.9 Å². The van der Waals surface area contributed by atoms with Gasteiger partial charge in [-0.15, -0.1) is 0 Å². The molecule has 2 aliphatic rings. The fourth-order valence-corrected chi connectivity index (χ4v) is 4.32. The molecule has 0 saturated carbocycles. The van der Waals surface area contributed by atoms with Crippen LogP contribution in [0.15, 0.2) is 39.5 Å². The minimum Gasteiger partial charge on any atom is -0.422 e. The number of carbonyl (C=O) groups excluding carboxylic acids is 2. The molecule has 4 rings (SSSR count). The Kier molecular flexibility index (Phi) is 5.46. The second-order valence-electron chi connectivity index (χ2n) is 7.87. The number of fused-ring (bicyclic) bond motifs is 1. The van der Waals surface area contributed by atoms with Crippen LogP contribution in [0.4, 0.5) is 0 Å². The molecule has 1 aromatic heterocycles. The third-order valence-corrected chi connectivity index (χ3v) is 5.90. The molecule has 2 aromatic rings. The number of amides is 2. The highest BCUT2D eigenvalue weighted by atomic mass is 16.4. The summed E-state index contributed by atoms with van der Waals surface area (Å²) in [6, 6.07) is 8.83. The molecule has 1 atom stereocenters. The van der Waals surface area contributed by atoms with E-state index in [4.69, 9.17) is 4.42 Å². The molecule has 2 saturated heterocycles. The molecule has 3 heterocycles. The lowest BCUT2D eigenvalue weighted by Crippen LogP contribution is -2.41. The van der Waals surface area contributed by atoms with Gasteiger partial charge < -0.3 is 14.2 Å². The number of hydrogen-bond acceptors (Lipinski definition) is 4. The molecule has 0 unspecified atom stereocenters. The smallest absolute Gasteiger partial charge is 0.349 e. The van der Waals surface area contributed by atoms with Gasteiger partial charge in [-0.3, -0.25) is 9.59 Å². The van der Waals surface area contributed by atoms with E-state index in [0.29, 0.717) is 31.0 Å². The summed E-state index contributed by atoms with van der Waals surface area (Å²) in [5.41, 5.74) is -0.0106. The van der Waals surface area contributed by atoms with Gasteiger partial charge >= 0.3 is 5.63 Å². The summed E-state index contributed by atoms with van der Waals surface area (Å²) in [6.45, 7) is 3.00. The monoisotopic (exact) mass is 382 g/mol. The van der Waals surface area contributed by atoms with Crippen molar-refractivity contribution in [2.45, 2.75) is 38.5 Å². The molecular formula is C22H26N2O4. The average molecular weight is 382 g/mol. The second-order valence-corrected chi connectivity index (χ2v) is 7.87. The van der Waals surface area contributed by atoms with Gasteiger partial charge in [-0.25, -0.2) is 4.79 Å². The number of rotatable bonds is 4. The Balaban J connectivity index is 1.41. The second kappa shape index (κ2) is 8.17. The highest BCUT2D eigenvalue weighted by Gasteiger charge is 2.28. The van der Waals surface area contributed by atoms with Crippen LogP contribution in [0.25, 0.3) is 11.0 Å². The Bertz CT molecular complexity index is 930.